The fourth-order valence-corrected chi connectivity index (χ4v) is 1.51. The molecule has 0 spiro atoms. The molecule has 0 aromatic heterocycles. The normalized spacial score (nSPS) is 9.93. The van der Waals surface area contributed by atoms with Crippen LogP contribution in [0.2, 0.25) is 0 Å². The molecule has 0 nitrogen and oxygen atoms in total. The van der Waals surface area contributed by atoms with Crippen LogP contribution in [0.1, 0.15) is 25.3 Å². The van der Waals surface area contributed by atoms with Gasteiger partial charge in [0.1, 0.15) is 0 Å². The molecule has 0 aliphatic heterocycles. The molecular formula is C12H13Cl2Zr-. The molecule has 0 unspecified atom stereocenters. The monoisotopic (exact) mass is 317 g/mol. The average Bonchev–Trinajstić information content (AvgIpc) is 2.62. The predicted molar refractivity (Wildman–Crippen MR) is 65.3 cm³/mol. The van der Waals surface area contributed by atoms with Gasteiger partial charge in [0.2, 0.25) is 0 Å². The van der Waals surface area contributed by atoms with E-state index in [4.69, 9.17) is 17.0 Å². The molecule has 80 valence electrons. The van der Waals surface area contributed by atoms with Gasteiger partial charge in [-0.1, -0.05) is 19.9 Å². The second-order valence-corrected chi connectivity index (χ2v) is 7.38. The molecule has 2 aromatic carbocycles. The van der Waals surface area contributed by atoms with Crippen molar-refractivity contribution in [1.82, 2.24) is 0 Å². The molecule has 0 N–H and O–H groups in total. The summed E-state index contributed by atoms with van der Waals surface area (Å²) in [5.74, 6) is 0.636. The van der Waals surface area contributed by atoms with E-state index in [1.54, 1.807) is 0 Å². The summed E-state index contributed by atoms with van der Waals surface area (Å²) < 4.78 is 0. The summed E-state index contributed by atoms with van der Waals surface area (Å²) in [6.45, 7) is 4.46. The fraction of sp³-hybridized carbons (Fsp3) is 0.250. The van der Waals surface area contributed by atoms with Crippen LogP contribution >= 0.6 is 17.0 Å². The Bertz CT molecular complexity index is 374. The Morgan fingerprint density at radius 2 is 1.80 bits per heavy atom. The zero-order valence-corrected chi connectivity index (χ0v) is 12.8. The number of benzene rings is 1. The third kappa shape index (κ3) is 3.98. The Labute approximate surface area is 110 Å². The molecule has 0 radical (unpaired) electrons. The van der Waals surface area contributed by atoms with E-state index in [0.29, 0.717) is 5.92 Å². The zero-order valence-electron chi connectivity index (χ0n) is 8.80. The van der Waals surface area contributed by atoms with Crippen LogP contribution in [0.15, 0.2) is 36.4 Å². The summed E-state index contributed by atoms with van der Waals surface area (Å²) in [6, 6.07) is 13.1. The first-order chi connectivity index (χ1) is 7.19. The third-order valence-electron chi connectivity index (χ3n) is 2.31. The van der Waals surface area contributed by atoms with E-state index in [1.165, 1.54) is 16.3 Å². The van der Waals surface area contributed by atoms with Crippen molar-refractivity contribution in [3.63, 3.8) is 0 Å². The van der Waals surface area contributed by atoms with E-state index >= 15 is 0 Å². The summed E-state index contributed by atoms with van der Waals surface area (Å²) in [7, 11) is 9.87. The summed E-state index contributed by atoms with van der Waals surface area (Å²) >= 11 is -0.826. The van der Waals surface area contributed by atoms with Crippen LogP contribution in [0.3, 0.4) is 0 Å². The Balaban J connectivity index is 0.000000337. The summed E-state index contributed by atoms with van der Waals surface area (Å²) in [6.07, 6.45) is 0. The van der Waals surface area contributed by atoms with E-state index < -0.39 is 20.8 Å². The minimum absolute atomic E-state index is 0.636. The Hall–Kier alpha value is 0.293. The van der Waals surface area contributed by atoms with E-state index in [2.05, 4.69) is 50.2 Å². The van der Waals surface area contributed by atoms with Crippen LogP contribution in [0, 0.1) is 0 Å². The van der Waals surface area contributed by atoms with Crippen molar-refractivity contribution in [3.8, 4) is 0 Å². The van der Waals surface area contributed by atoms with Crippen LogP contribution in [0.5, 0.6) is 0 Å². The molecule has 0 saturated carbocycles. The van der Waals surface area contributed by atoms with Crippen molar-refractivity contribution >= 4 is 27.8 Å². The first-order valence-electron chi connectivity index (χ1n) is 4.80. The first-order valence-corrected chi connectivity index (χ1v) is 11.1. The Morgan fingerprint density at radius 1 is 1.20 bits per heavy atom. The van der Waals surface area contributed by atoms with Crippen molar-refractivity contribution < 1.29 is 20.8 Å². The van der Waals surface area contributed by atoms with Gasteiger partial charge < -0.3 is 0 Å². The Morgan fingerprint density at radius 3 is 2.33 bits per heavy atom. The number of hydrogen-bond acceptors (Lipinski definition) is 0. The van der Waals surface area contributed by atoms with Crippen molar-refractivity contribution in [2.45, 2.75) is 19.8 Å². The topological polar surface area (TPSA) is 0 Å². The van der Waals surface area contributed by atoms with Gasteiger partial charge in [0.15, 0.2) is 0 Å². The molecule has 3 heteroatoms. The maximum atomic E-state index is 4.93. The fourth-order valence-electron chi connectivity index (χ4n) is 1.51. The van der Waals surface area contributed by atoms with Gasteiger partial charge in [-0.25, -0.2) is 0 Å². The van der Waals surface area contributed by atoms with Crippen molar-refractivity contribution in [2.75, 3.05) is 0 Å². The van der Waals surface area contributed by atoms with E-state index in [0.717, 1.165) is 0 Å². The quantitative estimate of drug-likeness (QED) is 0.645. The van der Waals surface area contributed by atoms with Crippen LogP contribution in [-0.2, 0) is 20.8 Å². The molecule has 0 aliphatic carbocycles. The molecule has 0 amide bonds. The van der Waals surface area contributed by atoms with Crippen molar-refractivity contribution in [1.29, 1.82) is 0 Å². The number of rotatable bonds is 1. The summed E-state index contributed by atoms with van der Waals surface area (Å²) in [5, 5.41) is 2.72. The second kappa shape index (κ2) is 6.79. The van der Waals surface area contributed by atoms with Gasteiger partial charge >= 0.3 is 37.9 Å². The number of halogens is 2. The van der Waals surface area contributed by atoms with Gasteiger partial charge in [0, 0.05) is 0 Å². The van der Waals surface area contributed by atoms with Gasteiger partial charge in [-0.15, -0.1) is 40.6 Å². The Kier molecular flexibility index (Phi) is 6.04. The molecule has 0 fully saturated rings. The standard InChI is InChI=1S/C12H13.2ClH.Zr/c1-9(2)12-7-10-5-3-4-6-11(10)8-12;;;/h3-9H,1-2H3;2*1H;/q-1;;;+2/p-2. The van der Waals surface area contributed by atoms with E-state index in [-0.39, 0.29) is 0 Å². The van der Waals surface area contributed by atoms with Crippen molar-refractivity contribution in [2.24, 2.45) is 0 Å². The van der Waals surface area contributed by atoms with Crippen LogP contribution < -0.4 is 0 Å². The van der Waals surface area contributed by atoms with Gasteiger partial charge in [0.25, 0.3) is 0 Å². The molecule has 0 heterocycles. The van der Waals surface area contributed by atoms with E-state index in [9.17, 15) is 0 Å². The predicted octanol–water partition coefficient (Wildman–Crippen LogP) is 5.06. The minimum atomic E-state index is -0.826. The zero-order chi connectivity index (χ0) is 11.3. The summed E-state index contributed by atoms with van der Waals surface area (Å²) in [5.41, 5.74) is 1.44. The van der Waals surface area contributed by atoms with Crippen molar-refractivity contribution in [3.05, 3.63) is 42.0 Å². The molecule has 0 bridgehead atoms. The van der Waals surface area contributed by atoms with Crippen LogP contribution in [-0.4, -0.2) is 0 Å². The van der Waals surface area contributed by atoms with Crippen LogP contribution in [0.25, 0.3) is 10.8 Å². The first kappa shape index (κ1) is 13.4. The van der Waals surface area contributed by atoms with Gasteiger partial charge in [-0.05, 0) is 5.92 Å². The van der Waals surface area contributed by atoms with Gasteiger partial charge in [-0.3, -0.25) is 0 Å². The third-order valence-corrected chi connectivity index (χ3v) is 2.31. The molecule has 2 rings (SSSR count). The average molecular weight is 319 g/mol. The SMILES string of the molecule is CC(C)c1cc2ccccc2[cH-]1.[Cl][Zr][Cl]. The summed E-state index contributed by atoms with van der Waals surface area (Å²) in [4.78, 5) is 0. The second-order valence-electron chi connectivity index (χ2n) is 3.64. The van der Waals surface area contributed by atoms with E-state index in [1.807, 2.05) is 0 Å². The maximum absolute atomic E-state index is 4.93. The molecule has 0 saturated heterocycles. The molecule has 2 aromatic rings. The van der Waals surface area contributed by atoms with Gasteiger partial charge in [-0.2, -0.15) is 6.07 Å². The number of fused-ring (bicyclic) bond motifs is 1. The molecule has 15 heavy (non-hydrogen) atoms. The van der Waals surface area contributed by atoms with Gasteiger partial charge in [0.05, 0.1) is 0 Å². The number of hydrogen-bond donors (Lipinski definition) is 0. The molecular weight excluding hydrogens is 306 g/mol. The molecule has 0 aliphatic rings. The molecule has 0 atom stereocenters. The van der Waals surface area contributed by atoms with Crippen LogP contribution in [0.4, 0.5) is 0 Å².